The zero-order valence-electron chi connectivity index (χ0n) is 11.7. The van der Waals surface area contributed by atoms with Gasteiger partial charge in [-0.05, 0) is 13.0 Å². The number of hydrogen-bond donors (Lipinski definition) is 0. The highest BCUT2D eigenvalue weighted by atomic mass is 16.6. The lowest BCUT2D eigenvalue weighted by Gasteiger charge is -2.25. The van der Waals surface area contributed by atoms with Gasteiger partial charge in [-0.25, -0.2) is 0 Å². The highest BCUT2D eigenvalue weighted by Gasteiger charge is 2.23. The summed E-state index contributed by atoms with van der Waals surface area (Å²) >= 11 is 0. The van der Waals surface area contributed by atoms with Crippen molar-refractivity contribution in [2.75, 3.05) is 19.7 Å². The van der Waals surface area contributed by atoms with Gasteiger partial charge in [0.05, 0.1) is 4.92 Å². The summed E-state index contributed by atoms with van der Waals surface area (Å²) in [7, 11) is 0. The van der Waals surface area contributed by atoms with Crippen molar-refractivity contribution in [3.63, 3.8) is 0 Å². The Morgan fingerprint density at radius 1 is 1.38 bits per heavy atom. The van der Waals surface area contributed by atoms with E-state index in [0.717, 1.165) is 0 Å². The van der Waals surface area contributed by atoms with Gasteiger partial charge in [0, 0.05) is 31.5 Å². The Morgan fingerprint density at radius 2 is 2.05 bits per heavy atom. The molecular formula is C14H16N2O5. The summed E-state index contributed by atoms with van der Waals surface area (Å²) in [6.45, 7) is 2.12. The van der Waals surface area contributed by atoms with Crippen LogP contribution in [0, 0.1) is 17.0 Å². The van der Waals surface area contributed by atoms with E-state index < -0.39 is 4.92 Å². The van der Waals surface area contributed by atoms with Crippen LogP contribution >= 0.6 is 0 Å². The van der Waals surface area contributed by atoms with Gasteiger partial charge < -0.3 is 9.64 Å². The van der Waals surface area contributed by atoms with Crippen molar-refractivity contribution in [3.8, 4) is 5.75 Å². The van der Waals surface area contributed by atoms with Crippen molar-refractivity contribution in [1.29, 1.82) is 0 Å². The van der Waals surface area contributed by atoms with Crippen LogP contribution in [-0.2, 0) is 9.59 Å². The van der Waals surface area contributed by atoms with Crippen molar-refractivity contribution in [2.45, 2.75) is 19.8 Å². The number of nitrogens with zero attached hydrogens (tertiary/aromatic N) is 2. The van der Waals surface area contributed by atoms with E-state index in [4.69, 9.17) is 4.74 Å². The number of nitro groups is 1. The first-order valence-corrected chi connectivity index (χ1v) is 6.65. The number of aryl methyl sites for hydroxylation is 1. The summed E-state index contributed by atoms with van der Waals surface area (Å²) in [6, 6.07) is 4.73. The molecule has 1 fully saturated rings. The molecule has 21 heavy (non-hydrogen) atoms. The molecule has 1 aliphatic heterocycles. The minimum atomic E-state index is -0.519. The zero-order chi connectivity index (χ0) is 15.4. The van der Waals surface area contributed by atoms with Gasteiger partial charge in [0.1, 0.15) is 5.78 Å². The van der Waals surface area contributed by atoms with Gasteiger partial charge in [0.2, 0.25) is 0 Å². The van der Waals surface area contributed by atoms with Gasteiger partial charge in [-0.2, -0.15) is 0 Å². The smallest absolute Gasteiger partial charge is 0.313 e. The number of para-hydroxylation sites is 1. The summed E-state index contributed by atoms with van der Waals surface area (Å²) in [6.07, 6.45) is 0.715. The molecule has 0 N–H and O–H groups in total. The van der Waals surface area contributed by atoms with Gasteiger partial charge in [-0.1, -0.05) is 12.1 Å². The highest BCUT2D eigenvalue weighted by Crippen LogP contribution is 2.30. The summed E-state index contributed by atoms with van der Waals surface area (Å²) in [4.78, 5) is 35.1. The molecule has 1 heterocycles. The predicted octanol–water partition coefficient (Wildman–Crippen LogP) is 1.47. The molecule has 7 nitrogen and oxygen atoms in total. The van der Waals surface area contributed by atoms with E-state index in [1.807, 2.05) is 0 Å². The summed E-state index contributed by atoms with van der Waals surface area (Å²) < 4.78 is 5.30. The largest absolute Gasteiger partial charge is 0.477 e. The number of nitro benzene ring substituents is 1. The number of carbonyl (C=O) groups excluding carboxylic acids is 2. The van der Waals surface area contributed by atoms with E-state index >= 15 is 0 Å². The maximum atomic E-state index is 12.0. The maximum absolute atomic E-state index is 12.0. The molecule has 0 atom stereocenters. The summed E-state index contributed by atoms with van der Waals surface area (Å²) in [5, 5.41) is 11.0. The number of benzene rings is 1. The number of rotatable bonds is 4. The number of Topliss-reactive ketones (excluding diaryl/α,β-unsaturated/α-hetero) is 1. The molecule has 0 radical (unpaired) electrons. The van der Waals surface area contributed by atoms with Crippen LogP contribution in [0.5, 0.6) is 5.75 Å². The summed E-state index contributed by atoms with van der Waals surface area (Å²) in [5.41, 5.74) is 0.354. The third-order valence-corrected chi connectivity index (χ3v) is 3.41. The van der Waals surface area contributed by atoms with Crippen LogP contribution in [0.15, 0.2) is 18.2 Å². The van der Waals surface area contributed by atoms with Crippen LogP contribution in [0.4, 0.5) is 5.69 Å². The average Bonchev–Trinajstić information content (AvgIpc) is 2.45. The SMILES string of the molecule is Cc1cccc(OCC(=O)N2CCC(=O)CC2)c1[N+](=O)[O-]. The van der Waals surface area contributed by atoms with Gasteiger partial charge in [0.25, 0.3) is 5.91 Å². The van der Waals surface area contributed by atoms with E-state index in [0.29, 0.717) is 31.5 Å². The van der Waals surface area contributed by atoms with Crippen molar-refractivity contribution >= 4 is 17.4 Å². The minimum absolute atomic E-state index is 0.0847. The predicted molar refractivity (Wildman–Crippen MR) is 74.1 cm³/mol. The molecule has 0 unspecified atom stereocenters. The first kappa shape index (κ1) is 15.0. The quantitative estimate of drug-likeness (QED) is 0.619. The molecule has 0 saturated carbocycles. The van der Waals surface area contributed by atoms with Crippen LogP contribution in [0.25, 0.3) is 0 Å². The Bertz CT molecular complexity index is 575. The molecule has 1 aliphatic rings. The Morgan fingerprint density at radius 3 is 2.67 bits per heavy atom. The van der Waals surface area contributed by atoms with Gasteiger partial charge >= 0.3 is 5.69 Å². The fourth-order valence-corrected chi connectivity index (χ4v) is 2.22. The second-order valence-electron chi connectivity index (χ2n) is 4.89. The zero-order valence-corrected chi connectivity index (χ0v) is 11.7. The van der Waals surface area contributed by atoms with Crippen LogP contribution < -0.4 is 4.74 Å². The number of amides is 1. The highest BCUT2D eigenvalue weighted by molar-refractivity contribution is 5.84. The number of ether oxygens (including phenoxy) is 1. The lowest BCUT2D eigenvalue weighted by atomic mass is 10.1. The van der Waals surface area contributed by atoms with Gasteiger partial charge in [-0.15, -0.1) is 0 Å². The van der Waals surface area contributed by atoms with Crippen LogP contribution in [0.3, 0.4) is 0 Å². The molecule has 2 rings (SSSR count). The van der Waals surface area contributed by atoms with E-state index in [9.17, 15) is 19.7 Å². The topological polar surface area (TPSA) is 89.8 Å². The molecule has 1 amide bonds. The third-order valence-electron chi connectivity index (χ3n) is 3.41. The lowest BCUT2D eigenvalue weighted by Crippen LogP contribution is -2.41. The third kappa shape index (κ3) is 3.56. The van der Waals surface area contributed by atoms with Crippen molar-refractivity contribution < 1.29 is 19.2 Å². The average molecular weight is 292 g/mol. The van der Waals surface area contributed by atoms with Crippen LogP contribution in [0.2, 0.25) is 0 Å². The minimum Gasteiger partial charge on any atom is -0.477 e. The van der Waals surface area contributed by atoms with Crippen molar-refractivity contribution in [2.24, 2.45) is 0 Å². The molecular weight excluding hydrogens is 276 g/mol. The van der Waals surface area contributed by atoms with E-state index in [1.54, 1.807) is 24.0 Å². The molecule has 0 spiro atoms. The normalized spacial score (nSPS) is 14.9. The van der Waals surface area contributed by atoms with Gasteiger partial charge in [-0.3, -0.25) is 19.7 Å². The lowest BCUT2D eigenvalue weighted by molar-refractivity contribution is -0.386. The first-order chi connectivity index (χ1) is 9.99. The molecule has 0 aromatic heterocycles. The molecule has 0 aliphatic carbocycles. The van der Waals surface area contributed by atoms with E-state index in [1.165, 1.54) is 6.07 Å². The Balaban J connectivity index is 2.00. The summed E-state index contributed by atoms with van der Waals surface area (Å²) in [5.74, 6) is -0.0333. The molecule has 1 aromatic rings. The molecule has 1 saturated heterocycles. The molecule has 0 bridgehead atoms. The second kappa shape index (κ2) is 6.34. The van der Waals surface area contributed by atoms with Crippen molar-refractivity contribution in [1.82, 2.24) is 4.90 Å². The molecule has 7 heteroatoms. The number of ketones is 1. The standard InChI is InChI=1S/C14H16N2O5/c1-10-3-2-4-12(14(10)16(19)20)21-9-13(18)15-7-5-11(17)6-8-15/h2-4H,5-9H2,1H3. The maximum Gasteiger partial charge on any atom is 0.313 e. The fourth-order valence-electron chi connectivity index (χ4n) is 2.22. The fraction of sp³-hybridized carbons (Fsp3) is 0.429. The van der Waals surface area contributed by atoms with Crippen molar-refractivity contribution in [3.05, 3.63) is 33.9 Å². The first-order valence-electron chi connectivity index (χ1n) is 6.65. The van der Waals surface area contributed by atoms with Crippen LogP contribution in [-0.4, -0.2) is 41.2 Å². The van der Waals surface area contributed by atoms with Crippen LogP contribution in [0.1, 0.15) is 18.4 Å². The van der Waals surface area contributed by atoms with Gasteiger partial charge in [0.15, 0.2) is 12.4 Å². The Labute approximate surface area is 121 Å². The molecule has 112 valence electrons. The monoisotopic (exact) mass is 292 g/mol. The Hall–Kier alpha value is -2.44. The van der Waals surface area contributed by atoms with E-state index in [-0.39, 0.29) is 29.7 Å². The second-order valence-corrected chi connectivity index (χ2v) is 4.89. The van der Waals surface area contributed by atoms with E-state index in [2.05, 4.69) is 0 Å². The Kier molecular flexibility index (Phi) is 4.52. The number of hydrogen-bond acceptors (Lipinski definition) is 5. The number of likely N-dealkylation sites (tertiary alicyclic amines) is 1. The number of carbonyl (C=O) groups is 2. The molecule has 1 aromatic carbocycles. The number of piperidine rings is 1.